The number of ether oxygens (including phenoxy) is 8. The molecular weight excluding hydrogens is 1030 g/mol. The lowest BCUT2D eigenvalue weighted by molar-refractivity contribution is -0.331. The molecule has 24 unspecified atom stereocenters. The zero-order chi connectivity index (χ0) is 59.2. The second-order valence-electron chi connectivity index (χ2n) is 23.4. The molecule has 5 aliphatic heterocycles. The molecular formula is C62H100O18. The number of hydrogen-bond acceptors (Lipinski definition) is 18. The molecule has 8 N–H and O–H groups in total. The maximum absolute atomic E-state index is 13.9. The molecule has 0 aromatic carbocycles. The molecule has 0 saturated carbocycles. The van der Waals surface area contributed by atoms with E-state index in [2.05, 4.69) is 0 Å². The van der Waals surface area contributed by atoms with E-state index in [-0.39, 0.29) is 50.4 Å². The Morgan fingerprint density at radius 2 is 0.925 bits per heavy atom. The van der Waals surface area contributed by atoms with Crippen molar-refractivity contribution in [2.75, 3.05) is 0 Å². The number of carbonyl (C=O) groups excluding carboxylic acids is 2. The third-order valence-electron chi connectivity index (χ3n) is 17.6. The first-order chi connectivity index (χ1) is 37.8. The molecule has 0 aliphatic carbocycles. The summed E-state index contributed by atoms with van der Waals surface area (Å²) < 4.78 is 49.6. The summed E-state index contributed by atoms with van der Waals surface area (Å²) >= 11 is 0. The molecule has 0 radical (unpaired) electrons. The highest BCUT2D eigenvalue weighted by Crippen LogP contribution is 2.43. The lowest BCUT2D eigenvalue weighted by Crippen LogP contribution is -2.56. The number of aliphatic hydroxyl groups excluding tert-OH is 6. The van der Waals surface area contributed by atoms with Crippen LogP contribution in [0.1, 0.15) is 160 Å². The second kappa shape index (κ2) is 31.1. The van der Waals surface area contributed by atoms with Crippen molar-refractivity contribution in [1.82, 2.24) is 0 Å². The zero-order valence-electron chi connectivity index (χ0n) is 49.6. The van der Waals surface area contributed by atoms with Crippen molar-refractivity contribution < 1.29 is 88.3 Å². The van der Waals surface area contributed by atoms with E-state index in [4.69, 9.17) is 37.9 Å². The molecule has 4 saturated heterocycles. The van der Waals surface area contributed by atoms with Gasteiger partial charge in [-0.05, 0) is 77.4 Å². The third kappa shape index (κ3) is 18.4. The van der Waals surface area contributed by atoms with E-state index >= 15 is 0 Å². The summed E-state index contributed by atoms with van der Waals surface area (Å²) in [6.45, 7) is 22.3. The van der Waals surface area contributed by atoms with Crippen molar-refractivity contribution >= 4 is 11.9 Å². The van der Waals surface area contributed by atoms with Gasteiger partial charge < -0.3 is 78.7 Å². The minimum absolute atomic E-state index is 0.00199. The summed E-state index contributed by atoms with van der Waals surface area (Å²) in [6.07, 6.45) is 6.90. The molecule has 5 rings (SSSR count). The SMILES string of the molecule is CCC1=C\C=C\C(CC)C(C(C)C(O)CC2(O)CC(OC3CC(O)C(O)C(C)O3)C(CC)C(C)O2)OC(=O)/C=C/C(CC)=C/C=C/C(CC)C(C(C)C(O)CC2(O)CC(OC3CC(O)C(O)C(C)O3)C(CC)C(C)O2)OC(=O)\C=C\1. The van der Waals surface area contributed by atoms with Crippen LogP contribution in [0.5, 0.6) is 0 Å². The minimum atomic E-state index is -1.83. The van der Waals surface area contributed by atoms with Gasteiger partial charge in [-0.3, -0.25) is 0 Å². The van der Waals surface area contributed by atoms with E-state index in [9.17, 15) is 50.4 Å². The van der Waals surface area contributed by atoms with Gasteiger partial charge in [0, 0.05) is 86.2 Å². The number of rotatable bonds is 18. The molecule has 456 valence electrons. The Bertz CT molecular complexity index is 1950. The van der Waals surface area contributed by atoms with E-state index < -0.39 is 145 Å². The summed E-state index contributed by atoms with van der Waals surface area (Å²) in [4.78, 5) is 27.8. The number of carbonyl (C=O) groups is 2. The molecule has 80 heavy (non-hydrogen) atoms. The topological polar surface area (TPSA) is 270 Å². The predicted molar refractivity (Wildman–Crippen MR) is 300 cm³/mol. The monoisotopic (exact) mass is 1130 g/mol. The van der Waals surface area contributed by atoms with Crippen LogP contribution in [0, 0.1) is 35.5 Å². The number of aliphatic hydroxyl groups is 8. The van der Waals surface area contributed by atoms with Crippen LogP contribution in [0.25, 0.3) is 0 Å². The molecule has 0 aromatic rings. The average Bonchev–Trinajstić information content (AvgIpc) is 3.39. The Morgan fingerprint density at radius 3 is 1.24 bits per heavy atom. The zero-order valence-corrected chi connectivity index (χ0v) is 49.6. The van der Waals surface area contributed by atoms with Crippen LogP contribution in [0.2, 0.25) is 0 Å². The average molecular weight is 1130 g/mol. The standard InChI is InChI=1S/C62H100O18/c1-13-41-21-19-23-43(15-3)59(35(7)49(65)31-61(71)33-51(45(17-5)37(9)79-61)75-55-29-47(63)57(69)39(11)73-55)78-54(68)28-26-42(14-2)22-20-24-44(16-4)60(77-53(67)27-25-41)36(8)50(66)32-62(72)34-52(46(18-6)38(10)80-62)76-56-30-48(64)58(70)40(12)74-56/h19-28,35-40,43-52,55-60,63-66,69-72H,13-18,29-34H2,1-12H3/b23-19+,24-20+,27-25+,28-26+,41-21+,42-22+. The van der Waals surface area contributed by atoms with E-state index in [1.54, 1.807) is 39.8 Å². The molecule has 0 bridgehead atoms. The molecule has 5 heterocycles. The quantitative estimate of drug-likeness (QED) is 0.0637. The molecule has 24 atom stereocenters. The van der Waals surface area contributed by atoms with Gasteiger partial charge in [0.1, 0.15) is 24.4 Å². The molecule has 0 amide bonds. The van der Waals surface area contributed by atoms with Crippen LogP contribution in [-0.2, 0) is 47.5 Å². The smallest absolute Gasteiger partial charge is 0.331 e. The van der Waals surface area contributed by atoms with Crippen molar-refractivity contribution in [3.63, 3.8) is 0 Å². The molecule has 4 fully saturated rings. The van der Waals surface area contributed by atoms with Gasteiger partial charge in [-0.15, -0.1) is 0 Å². The summed E-state index contributed by atoms with van der Waals surface area (Å²) in [6, 6.07) is 0. The van der Waals surface area contributed by atoms with Crippen molar-refractivity contribution in [2.24, 2.45) is 35.5 Å². The van der Waals surface area contributed by atoms with Crippen molar-refractivity contribution in [3.05, 3.63) is 71.9 Å². The third-order valence-corrected chi connectivity index (χ3v) is 17.6. The van der Waals surface area contributed by atoms with Crippen LogP contribution in [-0.4, -0.2) is 162 Å². The first-order valence-corrected chi connectivity index (χ1v) is 29.8. The number of hydrogen-bond donors (Lipinski definition) is 8. The van der Waals surface area contributed by atoms with Gasteiger partial charge in [-0.1, -0.05) is 104 Å². The highest BCUT2D eigenvalue weighted by atomic mass is 16.7. The first kappa shape index (κ1) is 67.6. The van der Waals surface area contributed by atoms with E-state index in [1.165, 1.54) is 12.2 Å². The van der Waals surface area contributed by atoms with Gasteiger partial charge in [0.05, 0.1) is 61.0 Å². The molecule has 0 spiro atoms. The minimum Gasteiger partial charge on any atom is -0.458 e. The maximum Gasteiger partial charge on any atom is 0.331 e. The number of allylic oxidation sites excluding steroid dienone is 8. The van der Waals surface area contributed by atoms with Gasteiger partial charge in [0.25, 0.3) is 0 Å². The summed E-state index contributed by atoms with van der Waals surface area (Å²) in [5.74, 6) is -7.44. The van der Waals surface area contributed by atoms with E-state index in [0.717, 1.165) is 11.1 Å². The maximum atomic E-state index is 13.9. The number of esters is 2. The molecule has 0 aromatic heterocycles. The van der Waals surface area contributed by atoms with Crippen molar-refractivity contribution in [2.45, 2.75) is 270 Å². The van der Waals surface area contributed by atoms with Crippen molar-refractivity contribution in [1.29, 1.82) is 0 Å². The fourth-order valence-corrected chi connectivity index (χ4v) is 12.4. The van der Waals surface area contributed by atoms with Crippen LogP contribution in [0.3, 0.4) is 0 Å². The highest BCUT2D eigenvalue weighted by Gasteiger charge is 2.51. The summed E-state index contributed by atoms with van der Waals surface area (Å²) in [5.41, 5.74) is 1.55. The lowest BCUT2D eigenvalue weighted by atomic mass is 9.80. The first-order valence-electron chi connectivity index (χ1n) is 29.8. The van der Waals surface area contributed by atoms with Gasteiger partial charge >= 0.3 is 11.9 Å². The van der Waals surface area contributed by atoms with E-state index in [0.29, 0.717) is 38.5 Å². The van der Waals surface area contributed by atoms with Gasteiger partial charge in [0.15, 0.2) is 24.2 Å². The fraction of sp³-hybridized carbons (Fsp3) is 0.774. The summed E-state index contributed by atoms with van der Waals surface area (Å²) in [5, 5.41) is 89.7. The van der Waals surface area contributed by atoms with Crippen LogP contribution in [0.4, 0.5) is 0 Å². The number of cyclic esters (lactones) is 2. The normalized spacial score (nSPS) is 43.6. The second-order valence-corrected chi connectivity index (χ2v) is 23.4. The van der Waals surface area contributed by atoms with Crippen LogP contribution in [0.15, 0.2) is 71.9 Å². The Kier molecular flexibility index (Phi) is 26.3. The fourth-order valence-electron chi connectivity index (χ4n) is 12.4. The Labute approximate surface area is 475 Å². The van der Waals surface area contributed by atoms with Crippen molar-refractivity contribution in [3.8, 4) is 0 Å². The highest BCUT2D eigenvalue weighted by molar-refractivity contribution is 5.83. The molecule has 5 aliphatic rings. The van der Waals surface area contributed by atoms with Crippen LogP contribution < -0.4 is 0 Å². The van der Waals surface area contributed by atoms with Crippen LogP contribution >= 0.6 is 0 Å². The van der Waals surface area contributed by atoms with Gasteiger partial charge in [0.2, 0.25) is 0 Å². The largest absolute Gasteiger partial charge is 0.458 e. The Morgan fingerprint density at radius 1 is 0.562 bits per heavy atom. The Hall–Kier alpha value is -3.18. The Balaban J connectivity index is 1.37. The summed E-state index contributed by atoms with van der Waals surface area (Å²) in [7, 11) is 0. The van der Waals surface area contributed by atoms with E-state index in [1.807, 2.05) is 91.8 Å². The molecule has 18 nitrogen and oxygen atoms in total. The van der Waals surface area contributed by atoms with Gasteiger partial charge in [-0.25, -0.2) is 9.59 Å². The van der Waals surface area contributed by atoms with Gasteiger partial charge in [-0.2, -0.15) is 0 Å². The lowest BCUT2D eigenvalue weighted by Gasteiger charge is -2.48. The predicted octanol–water partition coefficient (Wildman–Crippen LogP) is 7.08. The molecule has 18 heteroatoms.